The molecule has 4 heteroatoms. The predicted octanol–water partition coefficient (Wildman–Crippen LogP) is 2.17. The Morgan fingerprint density at radius 1 is 1.35 bits per heavy atom. The summed E-state index contributed by atoms with van der Waals surface area (Å²) < 4.78 is 4.29. The molecule has 0 bridgehead atoms. The number of hydrogen-bond acceptors (Lipinski definition) is 4. The Kier molecular flexibility index (Phi) is 5.33. The molecule has 17 heavy (non-hydrogen) atoms. The summed E-state index contributed by atoms with van der Waals surface area (Å²) in [6, 6.07) is 7.34. The van der Waals surface area contributed by atoms with Crippen LogP contribution in [-0.4, -0.2) is 30.8 Å². The lowest BCUT2D eigenvalue weighted by atomic mass is 10.2. The highest BCUT2D eigenvalue weighted by Gasteiger charge is 2.11. The van der Waals surface area contributed by atoms with Crippen molar-refractivity contribution in [3.8, 4) is 5.75 Å². The SMILES string of the molecule is CCN(CC)c1cccc(O)c1.O=C1CCO1. The third-order valence-corrected chi connectivity index (χ3v) is 2.53. The van der Waals surface area contributed by atoms with Crippen LogP contribution in [0.4, 0.5) is 5.69 Å². The number of carbonyl (C=O) groups excluding carboxylic acids is 1. The second kappa shape index (κ2) is 6.78. The van der Waals surface area contributed by atoms with Crippen molar-refractivity contribution in [3.63, 3.8) is 0 Å². The Morgan fingerprint density at radius 2 is 1.94 bits per heavy atom. The molecule has 0 atom stereocenters. The van der Waals surface area contributed by atoms with Gasteiger partial charge in [0, 0.05) is 24.8 Å². The van der Waals surface area contributed by atoms with Gasteiger partial charge in [0.25, 0.3) is 0 Å². The summed E-state index contributed by atoms with van der Waals surface area (Å²) in [6.45, 7) is 6.79. The number of aromatic hydroxyl groups is 1. The Hall–Kier alpha value is -1.71. The molecule has 1 aromatic carbocycles. The third kappa shape index (κ3) is 4.34. The van der Waals surface area contributed by atoms with E-state index in [0.717, 1.165) is 18.8 Å². The van der Waals surface area contributed by atoms with E-state index in [0.29, 0.717) is 18.8 Å². The largest absolute Gasteiger partial charge is 0.508 e. The molecule has 94 valence electrons. The van der Waals surface area contributed by atoms with Gasteiger partial charge in [-0.2, -0.15) is 0 Å². The minimum atomic E-state index is -0.0648. The van der Waals surface area contributed by atoms with Gasteiger partial charge in [-0.25, -0.2) is 0 Å². The second-order valence-electron chi connectivity index (χ2n) is 3.66. The van der Waals surface area contributed by atoms with Gasteiger partial charge < -0.3 is 14.7 Å². The van der Waals surface area contributed by atoms with Crippen molar-refractivity contribution in [1.82, 2.24) is 0 Å². The highest BCUT2D eigenvalue weighted by Crippen LogP contribution is 2.19. The van der Waals surface area contributed by atoms with Crippen molar-refractivity contribution < 1.29 is 14.6 Å². The van der Waals surface area contributed by atoms with Gasteiger partial charge in [-0.05, 0) is 26.0 Å². The van der Waals surface area contributed by atoms with Crippen LogP contribution in [0.15, 0.2) is 24.3 Å². The topological polar surface area (TPSA) is 49.8 Å². The van der Waals surface area contributed by atoms with Crippen LogP contribution in [0.25, 0.3) is 0 Å². The number of hydrogen-bond donors (Lipinski definition) is 1. The minimum Gasteiger partial charge on any atom is -0.508 e. The Labute approximate surface area is 102 Å². The number of benzene rings is 1. The van der Waals surface area contributed by atoms with Crippen LogP contribution in [0.5, 0.6) is 5.75 Å². The first-order chi connectivity index (χ1) is 8.17. The lowest BCUT2D eigenvalue weighted by Crippen LogP contribution is -2.21. The predicted molar refractivity (Wildman–Crippen MR) is 67.2 cm³/mol. The fourth-order valence-electron chi connectivity index (χ4n) is 1.46. The molecule has 2 rings (SSSR count). The maximum atomic E-state index is 9.68. The Balaban J connectivity index is 0.000000239. The van der Waals surface area contributed by atoms with E-state index in [-0.39, 0.29) is 5.97 Å². The van der Waals surface area contributed by atoms with Gasteiger partial charge >= 0.3 is 5.97 Å². The van der Waals surface area contributed by atoms with E-state index in [4.69, 9.17) is 0 Å². The van der Waals surface area contributed by atoms with Gasteiger partial charge in [-0.15, -0.1) is 0 Å². The van der Waals surface area contributed by atoms with Crippen molar-refractivity contribution in [3.05, 3.63) is 24.3 Å². The molecule has 1 saturated heterocycles. The first-order valence-electron chi connectivity index (χ1n) is 5.87. The molecule has 0 aromatic heterocycles. The number of nitrogens with zero attached hydrogens (tertiary/aromatic N) is 1. The zero-order chi connectivity index (χ0) is 12.7. The number of rotatable bonds is 3. The number of anilines is 1. The maximum Gasteiger partial charge on any atom is 0.309 e. The summed E-state index contributed by atoms with van der Waals surface area (Å²) in [4.78, 5) is 11.9. The van der Waals surface area contributed by atoms with Crippen molar-refractivity contribution in [2.75, 3.05) is 24.6 Å². The number of ether oxygens (including phenoxy) is 1. The zero-order valence-electron chi connectivity index (χ0n) is 10.3. The molecule has 1 aliphatic heterocycles. The second-order valence-corrected chi connectivity index (χ2v) is 3.66. The molecular weight excluding hydrogens is 218 g/mol. The molecule has 0 unspecified atom stereocenters. The quantitative estimate of drug-likeness (QED) is 0.818. The van der Waals surface area contributed by atoms with Crippen LogP contribution in [-0.2, 0) is 9.53 Å². The van der Waals surface area contributed by atoms with E-state index in [9.17, 15) is 9.90 Å². The van der Waals surface area contributed by atoms with Gasteiger partial charge in [-0.1, -0.05) is 6.07 Å². The summed E-state index contributed by atoms with van der Waals surface area (Å²) in [5.41, 5.74) is 1.08. The number of esters is 1. The van der Waals surface area contributed by atoms with Gasteiger partial charge in [-0.3, -0.25) is 4.79 Å². The fourth-order valence-corrected chi connectivity index (χ4v) is 1.46. The molecule has 1 aliphatic rings. The van der Waals surface area contributed by atoms with Gasteiger partial charge in [0.15, 0.2) is 0 Å². The van der Waals surface area contributed by atoms with E-state index in [2.05, 4.69) is 23.5 Å². The highest BCUT2D eigenvalue weighted by molar-refractivity contribution is 5.73. The van der Waals surface area contributed by atoms with Crippen LogP contribution in [0.1, 0.15) is 20.3 Å². The number of cyclic esters (lactones) is 1. The summed E-state index contributed by atoms with van der Waals surface area (Å²) in [6.07, 6.45) is 0.625. The Morgan fingerprint density at radius 3 is 2.29 bits per heavy atom. The Bertz CT molecular complexity index is 355. The van der Waals surface area contributed by atoms with Gasteiger partial charge in [0.05, 0.1) is 6.42 Å². The molecule has 1 N–H and O–H groups in total. The van der Waals surface area contributed by atoms with E-state index >= 15 is 0 Å². The van der Waals surface area contributed by atoms with Crippen LogP contribution >= 0.6 is 0 Å². The van der Waals surface area contributed by atoms with Crippen LogP contribution in [0, 0.1) is 0 Å². The molecular formula is C13H19NO3. The van der Waals surface area contributed by atoms with E-state index in [1.807, 2.05) is 12.1 Å². The molecule has 0 spiro atoms. The van der Waals surface area contributed by atoms with Crippen LogP contribution < -0.4 is 4.90 Å². The first-order valence-corrected chi connectivity index (χ1v) is 5.87. The van der Waals surface area contributed by atoms with E-state index in [1.54, 1.807) is 12.1 Å². The number of carbonyl (C=O) groups is 1. The molecule has 0 aliphatic carbocycles. The smallest absolute Gasteiger partial charge is 0.309 e. The maximum absolute atomic E-state index is 9.68. The molecule has 0 amide bonds. The van der Waals surface area contributed by atoms with E-state index < -0.39 is 0 Å². The monoisotopic (exact) mass is 237 g/mol. The zero-order valence-corrected chi connectivity index (χ0v) is 10.3. The molecule has 1 heterocycles. The standard InChI is InChI=1S/C10H15NO.C3H4O2/c1-3-11(4-2)9-6-5-7-10(12)8-9;4-3-1-2-5-3/h5-8,12H,3-4H2,1-2H3;1-2H2. The molecule has 0 saturated carbocycles. The molecule has 4 nitrogen and oxygen atoms in total. The summed E-state index contributed by atoms with van der Waals surface area (Å²) in [5.74, 6) is 0.268. The lowest BCUT2D eigenvalue weighted by Gasteiger charge is -2.20. The van der Waals surface area contributed by atoms with Gasteiger partial charge in [0.1, 0.15) is 12.4 Å². The molecule has 0 radical (unpaired) electrons. The fraction of sp³-hybridized carbons (Fsp3) is 0.462. The highest BCUT2D eigenvalue weighted by atomic mass is 16.6. The minimum absolute atomic E-state index is 0.0648. The van der Waals surface area contributed by atoms with Gasteiger partial charge in [0.2, 0.25) is 0 Å². The average molecular weight is 237 g/mol. The van der Waals surface area contributed by atoms with E-state index in [1.165, 1.54) is 0 Å². The van der Waals surface area contributed by atoms with Crippen LogP contribution in [0.2, 0.25) is 0 Å². The summed E-state index contributed by atoms with van der Waals surface area (Å²) in [5, 5.41) is 9.23. The third-order valence-electron chi connectivity index (χ3n) is 2.53. The summed E-state index contributed by atoms with van der Waals surface area (Å²) in [7, 11) is 0. The number of phenolic OH excluding ortho intramolecular Hbond substituents is 1. The summed E-state index contributed by atoms with van der Waals surface area (Å²) >= 11 is 0. The lowest BCUT2D eigenvalue weighted by molar-refractivity contribution is -0.157. The number of phenols is 1. The normalized spacial score (nSPS) is 12.9. The average Bonchev–Trinajstić information content (AvgIpc) is 2.29. The van der Waals surface area contributed by atoms with Crippen molar-refractivity contribution >= 4 is 11.7 Å². The molecule has 1 aromatic rings. The molecule has 1 fully saturated rings. The van der Waals surface area contributed by atoms with Crippen molar-refractivity contribution in [2.24, 2.45) is 0 Å². The van der Waals surface area contributed by atoms with Crippen molar-refractivity contribution in [1.29, 1.82) is 0 Å². The van der Waals surface area contributed by atoms with Crippen LogP contribution in [0.3, 0.4) is 0 Å². The van der Waals surface area contributed by atoms with Crippen molar-refractivity contribution in [2.45, 2.75) is 20.3 Å². The first kappa shape index (κ1) is 13.4.